The van der Waals surface area contributed by atoms with Crippen LogP contribution >= 0.6 is 0 Å². The molecule has 0 amide bonds. The molecule has 4 nitrogen and oxygen atoms in total. The maximum absolute atomic E-state index is 5.23. The van der Waals surface area contributed by atoms with Crippen molar-refractivity contribution in [3.8, 4) is 5.75 Å². The standard InChI is InChI=1S/C21H37N3O/c1-17(2)21(24-14-12-23(4)13-15-24)16-22-18(3)6-7-19-8-10-20(25-5)11-9-19/h8-11,17-18,21-22H,6-7,12-16H2,1-5H3. The van der Waals surface area contributed by atoms with Gasteiger partial charge in [0.2, 0.25) is 0 Å². The minimum atomic E-state index is 0.538. The zero-order valence-corrected chi connectivity index (χ0v) is 16.8. The molecule has 1 heterocycles. The van der Waals surface area contributed by atoms with Crippen LogP contribution in [0, 0.1) is 5.92 Å². The Morgan fingerprint density at radius 1 is 1.04 bits per heavy atom. The number of methoxy groups -OCH3 is 1. The first kappa shape index (κ1) is 20.2. The second-order valence-electron chi connectivity index (χ2n) is 7.85. The molecule has 2 atom stereocenters. The van der Waals surface area contributed by atoms with Gasteiger partial charge >= 0.3 is 0 Å². The summed E-state index contributed by atoms with van der Waals surface area (Å²) >= 11 is 0. The third-order valence-corrected chi connectivity index (χ3v) is 5.48. The van der Waals surface area contributed by atoms with E-state index in [0.717, 1.165) is 18.7 Å². The Morgan fingerprint density at radius 2 is 1.68 bits per heavy atom. The summed E-state index contributed by atoms with van der Waals surface area (Å²) < 4.78 is 5.23. The third kappa shape index (κ3) is 6.61. The Morgan fingerprint density at radius 3 is 2.24 bits per heavy atom. The highest BCUT2D eigenvalue weighted by Gasteiger charge is 2.25. The van der Waals surface area contributed by atoms with Crippen LogP contribution in [-0.2, 0) is 6.42 Å². The van der Waals surface area contributed by atoms with Crippen molar-refractivity contribution in [3.63, 3.8) is 0 Å². The second-order valence-corrected chi connectivity index (χ2v) is 7.85. The van der Waals surface area contributed by atoms with E-state index in [1.165, 1.54) is 38.2 Å². The van der Waals surface area contributed by atoms with Crippen LogP contribution < -0.4 is 10.1 Å². The normalized spacial score (nSPS) is 19.1. The van der Waals surface area contributed by atoms with Gasteiger partial charge in [-0.3, -0.25) is 4.90 Å². The first-order valence-electron chi connectivity index (χ1n) is 9.78. The molecule has 1 saturated heterocycles. The number of likely N-dealkylation sites (N-methyl/N-ethyl adjacent to an activating group) is 1. The van der Waals surface area contributed by atoms with E-state index >= 15 is 0 Å². The first-order valence-corrected chi connectivity index (χ1v) is 9.78. The molecule has 0 spiro atoms. The number of benzene rings is 1. The van der Waals surface area contributed by atoms with Crippen LogP contribution in [0.2, 0.25) is 0 Å². The molecule has 1 aliphatic rings. The predicted octanol–water partition coefficient (Wildman–Crippen LogP) is 2.88. The van der Waals surface area contributed by atoms with Crippen molar-refractivity contribution >= 4 is 0 Å². The van der Waals surface area contributed by atoms with Crippen molar-refractivity contribution in [2.45, 2.75) is 45.7 Å². The topological polar surface area (TPSA) is 27.7 Å². The lowest BCUT2D eigenvalue weighted by atomic mass is 10.0. The van der Waals surface area contributed by atoms with E-state index in [-0.39, 0.29) is 0 Å². The quantitative estimate of drug-likeness (QED) is 0.743. The molecular weight excluding hydrogens is 310 g/mol. The Hall–Kier alpha value is -1.10. The van der Waals surface area contributed by atoms with E-state index < -0.39 is 0 Å². The summed E-state index contributed by atoms with van der Waals surface area (Å²) in [6.45, 7) is 12.9. The van der Waals surface area contributed by atoms with E-state index in [4.69, 9.17) is 4.74 Å². The molecule has 142 valence electrons. The number of nitrogens with zero attached hydrogens (tertiary/aromatic N) is 2. The summed E-state index contributed by atoms with van der Waals surface area (Å²) in [6.07, 6.45) is 2.28. The lowest BCUT2D eigenvalue weighted by Gasteiger charge is -2.40. The minimum absolute atomic E-state index is 0.538. The van der Waals surface area contributed by atoms with Crippen LogP contribution in [0.25, 0.3) is 0 Å². The first-order chi connectivity index (χ1) is 12.0. The molecule has 1 aliphatic heterocycles. The number of piperazine rings is 1. The van der Waals surface area contributed by atoms with Gasteiger partial charge in [-0.2, -0.15) is 0 Å². The maximum Gasteiger partial charge on any atom is 0.118 e. The number of ether oxygens (including phenoxy) is 1. The summed E-state index contributed by atoms with van der Waals surface area (Å²) in [7, 11) is 3.94. The second kappa shape index (κ2) is 10.1. The van der Waals surface area contributed by atoms with Crippen molar-refractivity contribution in [1.29, 1.82) is 0 Å². The van der Waals surface area contributed by atoms with Crippen LogP contribution in [-0.4, -0.2) is 68.8 Å². The number of rotatable bonds is 9. The van der Waals surface area contributed by atoms with Gasteiger partial charge in [0.15, 0.2) is 0 Å². The summed E-state index contributed by atoms with van der Waals surface area (Å²) in [5, 5.41) is 3.79. The molecule has 0 aliphatic carbocycles. The molecule has 0 saturated carbocycles. The number of hydrogen-bond donors (Lipinski definition) is 1. The monoisotopic (exact) mass is 347 g/mol. The van der Waals surface area contributed by atoms with Gasteiger partial charge in [0.1, 0.15) is 5.75 Å². The van der Waals surface area contributed by atoms with Crippen molar-refractivity contribution in [2.24, 2.45) is 5.92 Å². The van der Waals surface area contributed by atoms with Crippen LogP contribution in [0.15, 0.2) is 24.3 Å². The van der Waals surface area contributed by atoms with Crippen molar-refractivity contribution < 1.29 is 4.74 Å². The van der Waals surface area contributed by atoms with Gasteiger partial charge in [0.25, 0.3) is 0 Å². The third-order valence-electron chi connectivity index (χ3n) is 5.48. The maximum atomic E-state index is 5.23. The van der Waals surface area contributed by atoms with E-state index in [1.807, 2.05) is 0 Å². The lowest BCUT2D eigenvalue weighted by molar-refractivity contribution is 0.0862. The fourth-order valence-electron chi connectivity index (χ4n) is 3.54. The number of nitrogens with one attached hydrogen (secondary N) is 1. The van der Waals surface area contributed by atoms with Crippen LogP contribution in [0.5, 0.6) is 5.75 Å². The predicted molar refractivity (Wildman–Crippen MR) is 106 cm³/mol. The molecule has 0 radical (unpaired) electrons. The van der Waals surface area contributed by atoms with Gasteiger partial charge < -0.3 is 15.0 Å². The average Bonchev–Trinajstić information content (AvgIpc) is 2.61. The zero-order chi connectivity index (χ0) is 18.2. The van der Waals surface area contributed by atoms with Gasteiger partial charge in [0.05, 0.1) is 7.11 Å². The lowest BCUT2D eigenvalue weighted by Crippen LogP contribution is -2.54. The molecular formula is C21H37N3O. The van der Waals surface area contributed by atoms with Crippen LogP contribution in [0.4, 0.5) is 0 Å². The molecule has 2 rings (SSSR count). The fraction of sp³-hybridized carbons (Fsp3) is 0.714. The Balaban J connectivity index is 1.75. The molecule has 1 N–H and O–H groups in total. The minimum Gasteiger partial charge on any atom is -0.497 e. The van der Waals surface area contributed by atoms with E-state index in [9.17, 15) is 0 Å². The van der Waals surface area contributed by atoms with Crippen LogP contribution in [0.3, 0.4) is 0 Å². The highest BCUT2D eigenvalue weighted by Crippen LogP contribution is 2.15. The molecule has 0 bridgehead atoms. The number of hydrogen-bond acceptors (Lipinski definition) is 4. The largest absolute Gasteiger partial charge is 0.497 e. The molecule has 1 fully saturated rings. The van der Waals surface area contributed by atoms with Gasteiger partial charge in [-0.25, -0.2) is 0 Å². The molecule has 0 aromatic heterocycles. The summed E-state index contributed by atoms with van der Waals surface area (Å²) in [5.41, 5.74) is 1.38. The van der Waals surface area contributed by atoms with Crippen LogP contribution in [0.1, 0.15) is 32.8 Å². The molecule has 4 heteroatoms. The molecule has 2 unspecified atom stereocenters. The van der Waals surface area contributed by atoms with Gasteiger partial charge in [-0.05, 0) is 50.4 Å². The fourth-order valence-corrected chi connectivity index (χ4v) is 3.54. The Labute approximate surface area is 154 Å². The Kier molecular flexibility index (Phi) is 8.20. The highest BCUT2D eigenvalue weighted by molar-refractivity contribution is 5.27. The number of aryl methyl sites for hydroxylation is 1. The zero-order valence-electron chi connectivity index (χ0n) is 16.8. The Bertz CT molecular complexity index is 480. The van der Waals surface area contributed by atoms with E-state index in [0.29, 0.717) is 18.0 Å². The van der Waals surface area contributed by atoms with Crippen molar-refractivity contribution in [2.75, 3.05) is 46.9 Å². The van der Waals surface area contributed by atoms with Gasteiger partial charge in [-0.15, -0.1) is 0 Å². The van der Waals surface area contributed by atoms with Crippen molar-refractivity contribution in [3.05, 3.63) is 29.8 Å². The molecule has 1 aromatic rings. The summed E-state index contributed by atoms with van der Waals surface area (Å²) in [4.78, 5) is 5.10. The highest BCUT2D eigenvalue weighted by atomic mass is 16.5. The van der Waals surface area contributed by atoms with Crippen molar-refractivity contribution in [1.82, 2.24) is 15.1 Å². The average molecular weight is 348 g/mol. The SMILES string of the molecule is COc1ccc(CCC(C)NCC(C(C)C)N2CCN(C)CC2)cc1. The smallest absolute Gasteiger partial charge is 0.118 e. The summed E-state index contributed by atoms with van der Waals surface area (Å²) in [6, 6.07) is 9.62. The van der Waals surface area contributed by atoms with E-state index in [2.05, 4.69) is 67.2 Å². The molecule has 1 aromatic carbocycles. The van der Waals surface area contributed by atoms with Gasteiger partial charge in [-0.1, -0.05) is 26.0 Å². The van der Waals surface area contributed by atoms with E-state index in [1.54, 1.807) is 7.11 Å². The summed E-state index contributed by atoms with van der Waals surface area (Å²) in [5.74, 6) is 1.62. The van der Waals surface area contributed by atoms with Gasteiger partial charge in [0, 0.05) is 44.8 Å². The molecule has 25 heavy (non-hydrogen) atoms.